The highest BCUT2D eigenvalue weighted by Gasteiger charge is 2.40. The van der Waals surface area contributed by atoms with Crippen LogP contribution in [0.5, 0.6) is 0 Å². The fourth-order valence-electron chi connectivity index (χ4n) is 5.07. The van der Waals surface area contributed by atoms with Gasteiger partial charge in [0.15, 0.2) is 0 Å². The molecule has 2 aromatic carbocycles. The molecule has 35 heavy (non-hydrogen) atoms. The number of nitrogens with one attached hydrogen (secondary N) is 1. The number of carbonyl (C=O) groups is 3. The second-order valence-corrected chi connectivity index (χ2v) is 9.21. The van der Waals surface area contributed by atoms with Gasteiger partial charge in [-0.3, -0.25) is 9.59 Å². The van der Waals surface area contributed by atoms with Gasteiger partial charge in [-0.15, -0.1) is 0 Å². The van der Waals surface area contributed by atoms with Crippen molar-refractivity contribution >= 4 is 18.0 Å². The summed E-state index contributed by atoms with van der Waals surface area (Å²) in [7, 11) is 0. The van der Waals surface area contributed by atoms with Crippen molar-refractivity contribution in [1.29, 1.82) is 0 Å². The number of carboxylic acid groups (broad SMARTS) is 1. The maximum Gasteiger partial charge on any atom is 0.407 e. The molecule has 0 spiro atoms. The van der Waals surface area contributed by atoms with Gasteiger partial charge in [0.25, 0.3) is 0 Å². The molecule has 186 valence electrons. The van der Waals surface area contributed by atoms with Crippen LogP contribution in [0, 0.1) is 5.92 Å². The zero-order valence-corrected chi connectivity index (χ0v) is 20.1. The minimum Gasteiger partial charge on any atom is -0.481 e. The number of benzene rings is 2. The number of rotatable bonds is 9. The van der Waals surface area contributed by atoms with Crippen LogP contribution in [-0.2, 0) is 19.1 Å². The number of fused-ring (bicyclic) bond motifs is 3. The first kappa shape index (κ1) is 24.7. The Hall–Kier alpha value is -3.39. The largest absolute Gasteiger partial charge is 0.481 e. The van der Waals surface area contributed by atoms with Crippen molar-refractivity contribution in [2.45, 2.75) is 44.7 Å². The van der Waals surface area contributed by atoms with E-state index in [-0.39, 0.29) is 38.1 Å². The summed E-state index contributed by atoms with van der Waals surface area (Å²) < 4.78 is 10.9. The number of nitrogens with zero attached hydrogens (tertiary/aromatic N) is 1. The molecule has 2 amide bonds. The minimum atomic E-state index is -0.966. The van der Waals surface area contributed by atoms with Crippen molar-refractivity contribution < 1.29 is 29.0 Å². The maximum absolute atomic E-state index is 13.0. The summed E-state index contributed by atoms with van der Waals surface area (Å²) in [6.07, 6.45) is 0.164. The Labute approximate surface area is 205 Å². The molecule has 2 aliphatic rings. The van der Waals surface area contributed by atoms with Gasteiger partial charge >= 0.3 is 12.1 Å². The molecule has 2 aromatic rings. The summed E-state index contributed by atoms with van der Waals surface area (Å²) in [6, 6.07) is 15.3. The van der Waals surface area contributed by atoms with E-state index in [1.54, 1.807) is 11.8 Å². The summed E-state index contributed by atoms with van der Waals surface area (Å²) in [4.78, 5) is 38.7. The van der Waals surface area contributed by atoms with Crippen LogP contribution in [0.3, 0.4) is 0 Å². The van der Waals surface area contributed by atoms with E-state index in [1.807, 2.05) is 31.2 Å². The predicted octanol–water partition coefficient (Wildman–Crippen LogP) is 3.64. The second-order valence-electron chi connectivity index (χ2n) is 9.21. The summed E-state index contributed by atoms with van der Waals surface area (Å²) in [5, 5.41) is 12.2. The monoisotopic (exact) mass is 480 g/mol. The van der Waals surface area contributed by atoms with Crippen LogP contribution in [0.25, 0.3) is 11.1 Å². The maximum atomic E-state index is 13.0. The van der Waals surface area contributed by atoms with E-state index in [0.717, 1.165) is 22.3 Å². The molecule has 1 fully saturated rings. The molecular weight excluding hydrogens is 448 g/mol. The molecule has 1 aliphatic heterocycles. The van der Waals surface area contributed by atoms with Gasteiger partial charge in [0.05, 0.1) is 19.3 Å². The first-order valence-electron chi connectivity index (χ1n) is 12.1. The number of aliphatic carboxylic acids is 1. The molecule has 0 bridgehead atoms. The van der Waals surface area contributed by atoms with Crippen molar-refractivity contribution in [3.05, 3.63) is 59.7 Å². The van der Waals surface area contributed by atoms with Crippen LogP contribution >= 0.6 is 0 Å². The highest BCUT2D eigenvalue weighted by molar-refractivity contribution is 5.80. The first-order chi connectivity index (χ1) is 16.9. The van der Waals surface area contributed by atoms with E-state index < -0.39 is 30.1 Å². The second kappa shape index (κ2) is 10.9. The third kappa shape index (κ3) is 5.32. The molecule has 2 N–H and O–H groups in total. The Morgan fingerprint density at radius 3 is 2.31 bits per heavy atom. The Bertz CT molecular complexity index is 1040. The molecule has 3 atom stereocenters. The lowest BCUT2D eigenvalue weighted by Crippen LogP contribution is -2.48. The average molecular weight is 481 g/mol. The summed E-state index contributed by atoms with van der Waals surface area (Å²) >= 11 is 0. The molecule has 4 rings (SSSR count). The smallest absolute Gasteiger partial charge is 0.407 e. The third-order valence-corrected chi connectivity index (χ3v) is 6.74. The molecule has 2 unspecified atom stereocenters. The molecule has 0 saturated carbocycles. The Morgan fingerprint density at radius 2 is 1.71 bits per heavy atom. The number of carboxylic acids is 1. The fraction of sp³-hybridized carbons (Fsp3) is 0.444. The van der Waals surface area contributed by atoms with Crippen molar-refractivity contribution in [2.24, 2.45) is 5.92 Å². The normalized spacial score (nSPS) is 19.5. The fourth-order valence-corrected chi connectivity index (χ4v) is 5.07. The van der Waals surface area contributed by atoms with Crippen molar-refractivity contribution in [2.75, 3.05) is 26.4 Å². The number of hydrogen-bond acceptors (Lipinski definition) is 5. The van der Waals surface area contributed by atoms with Crippen LogP contribution < -0.4 is 5.32 Å². The number of ether oxygens (including phenoxy) is 2. The summed E-state index contributed by atoms with van der Waals surface area (Å²) in [6.45, 7) is 4.61. The number of alkyl carbamates (subject to hydrolysis) is 1. The molecule has 8 heteroatoms. The lowest BCUT2D eigenvalue weighted by atomic mass is 9.98. The highest BCUT2D eigenvalue weighted by atomic mass is 16.5. The average Bonchev–Trinajstić information content (AvgIpc) is 3.44. The number of amides is 2. The summed E-state index contributed by atoms with van der Waals surface area (Å²) in [5.41, 5.74) is 4.57. The van der Waals surface area contributed by atoms with E-state index in [0.29, 0.717) is 13.0 Å². The van der Waals surface area contributed by atoms with Gasteiger partial charge in [-0.25, -0.2) is 4.79 Å². The quantitative estimate of drug-likeness (QED) is 0.568. The first-order valence-corrected chi connectivity index (χ1v) is 12.1. The van der Waals surface area contributed by atoms with Gasteiger partial charge in [-0.1, -0.05) is 55.5 Å². The van der Waals surface area contributed by atoms with E-state index in [1.165, 1.54) is 0 Å². The predicted molar refractivity (Wildman–Crippen MR) is 130 cm³/mol. The van der Waals surface area contributed by atoms with Crippen LogP contribution in [0.15, 0.2) is 48.5 Å². The molecule has 1 saturated heterocycles. The lowest BCUT2D eigenvalue weighted by molar-refractivity contribution is -0.145. The number of carbonyl (C=O) groups excluding carboxylic acids is 2. The molecule has 1 aliphatic carbocycles. The minimum absolute atomic E-state index is 0.0412. The molecule has 0 radical (unpaired) electrons. The van der Waals surface area contributed by atoms with Crippen LogP contribution in [0.4, 0.5) is 4.79 Å². The topological polar surface area (TPSA) is 105 Å². The van der Waals surface area contributed by atoms with Crippen LogP contribution in [0.2, 0.25) is 0 Å². The number of hydrogen-bond donors (Lipinski definition) is 2. The van der Waals surface area contributed by atoms with E-state index in [2.05, 4.69) is 29.6 Å². The SMILES string of the molecule is CCCN(C(=O)C[C@@H](C)NC(=O)OCC1c2ccccc2-c2ccccc21)C1COCC1C(=O)O. The van der Waals surface area contributed by atoms with Gasteiger partial charge in [0.1, 0.15) is 12.5 Å². The van der Waals surface area contributed by atoms with E-state index in [9.17, 15) is 19.5 Å². The van der Waals surface area contributed by atoms with E-state index in [4.69, 9.17) is 9.47 Å². The third-order valence-electron chi connectivity index (χ3n) is 6.74. The molecule has 0 aromatic heterocycles. The molecule has 8 nitrogen and oxygen atoms in total. The highest BCUT2D eigenvalue weighted by Crippen LogP contribution is 2.44. The lowest BCUT2D eigenvalue weighted by Gasteiger charge is -2.31. The van der Waals surface area contributed by atoms with Gasteiger partial charge in [-0.2, -0.15) is 0 Å². The van der Waals surface area contributed by atoms with Crippen molar-refractivity contribution in [1.82, 2.24) is 10.2 Å². The van der Waals surface area contributed by atoms with Gasteiger partial charge in [0, 0.05) is 24.9 Å². The zero-order valence-electron chi connectivity index (χ0n) is 20.1. The van der Waals surface area contributed by atoms with Gasteiger partial charge < -0.3 is 24.8 Å². The standard InChI is InChI=1S/C27H32N2O6/c1-3-12-29(24-16-34-14-23(24)26(31)32)25(30)13-17(2)28-27(33)35-15-22-20-10-6-4-8-18(20)19-9-5-7-11-21(19)22/h4-11,17,22-24H,3,12-16H2,1-2H3,(H,28,33)(H,31,32)/t17-,23?,24?/m1/s1. The molecular formula is C27H32N2O6. The Kier molecular flexibility index (Phi) is 7.70. The zero-order chi connectivity index (χ0) is 24.9. The summed E-state index contributed by atoms with van der Waals surface area (Å²) in [5.74, 6) is -1.96. The Balaban J connectivity index is 1.33. The Morgan fingerprint density at radius 1 is 1.09 bits per heavy atom. The van der Waals surface area contributed by atoms with Crippen LogP contribution in [0.1, 0.15) is 43.7 Å². The van der Waals surface area contributed by atoms with Crippen molar-refractivity contribution in [3.63, 3.8) is 0 Å². The van der Waals surface area contributed by atoms with E-state index >= 15 is 0 Å². The van der Waals surface area contributed by atoms with Gasteiger partial charge in [0.2, 0.25) is 5.91 Å². The molecule has 1 heterocycles. The van der Waals surface area contributed by atoms with Crippen molar-refractivity contribution in [3.8, 4) is 11.1 Å². The van der Waals surface area contributed by atoms with Gasteiger partial charge in [-0.05, 0) is 35.6 Å². The van der Waals surface area contributed by atoms with Crippen LogP contribution in [-0.4, -0.2) is 66.4 Å².